The van der Waals surface area contributed by atoms with Crippen molar-refractivity contribution in [3.8, 4) is 0 Å². The third-order valence-corrected chi connectivity index (χ3v) is 7.08. The van der Waals surface area contributed by atoms with Gasteiger partial charge >= 0.3 is 0 Å². The average molecular weight is 475 g/mol. The highest BCUT2D eigenvalue weighted by molar-refractivity contribution is 6.32. The van der Waals surface area contributed by atoms with E-state index >= 15 is 0 Å². The summed E-state index contributed by atoms with van der Waals surface area (Å²) in [6.45, 7) is 8.33. The summed E-state index contributed by atoms with van der Waals surface area (Å²) in [6, 6.07) is 23.3. The maximum Gasteiger partial charge on any atom is 0.196 e. The van der Waals surface area contributed by atoms with Crippen LogP contribution in [0.1, 0.15) is 67.9 Å². The normalized spacial score (nSPS) is 12.2. The third-order valence-electron chi connectivity index (χ3n) is 7.08. The number of anilines is 4. The number of hydrogen-bond acceptors (Lipinski definition) is 4. The summed E-state index contributed by atoms with van der Waals surface area (Å²) in [4.78, 5) is 27.8. The van der Waals surface area contributed by atoms with Crippen LogP contribution in [0, 0.1) is 13.8 Å². The van der Waals surface area contributed by atoms with Crippen LogP contribution in [-0.4, -0.2) is 11.6 Å². The average Bonchev–Trinajstić information content (AvgIpc) is 2.90. The van der Waals surface area contributed by atoms with Gasteiger partial charge in [-0.2, -0.15) is 0 Å². The van der Waals surface area contributed by atoms with Gasteiger partial charge < -0.3 is 10.6 Å². The van der Waals surface area contributed by atoms with E-state index in [0.29, 0.717) is 33.6 Å². The van der Waals surface area contributed by atoms with E-state index in [1.54, 1.807) is 12.1 Å². The Bertz CT molecular complexity index is 1400. The van der Waals surface area contributed by atoms with Gasteiger partial charge in [-0.05, 0) is 61.1 Å². The number of para-hydroxylation sites is 2. The first-order chi connectivity index (χ1) is 17.4. The fourth-order valence-electron chi connectivity index (χ4n) is 5.10. The van der Waals surface area contributed by atoms with Crippen molar-refractivity contribution in [3.05, 3.63) is 117 Å². The number of hydrogen-bond donors (Lipinski definition) is 2. The Morgan fingerprint density at radius 2 is 0.972 bits per heavy atom. The van der Waals surface area contributed by atoms with Crippen LogP contribution in [0.4, 0.5) is 22.7 Å². The quantitative estimate of drug-likeness (QED) is 0.265. The number of fused-ring (bicyclic) bond motifs is 2. The fraction of sp³-hybridized carbons (Fsp3) is 0.188. The summed E-state index contributed by atoms with van der Waals surface area (Å²) in [5.74, 6) is -0.281. The topological polar surface area (TPSA) is 58.2 Å². The number of nitrogens with one attached hydrogen (secondary N) is 2. The third kappa shape index (κ3) is 3.89. The first-order valence-electron chi connectivity index (χ1n) is 12.5. The number of rotatable bonds is 6. The van der Waals surface area contributed by atoms with Crippen molar-refractivity contribution in [3.63, 3.8) is 0 Å². The van der Waals surface area contributed by atoms with Gasteiger partial charge in [-0.1, -0.05) is 74.5 Å². The number of carbonyl (C=O) groups excluding carboxylic acids is 2. The Hall–Kier alpha value is -4.18. The molecule has 0 saturated carbocycles. The van der Waals surface area contributed by atoms with Gasteiger partial charge in [0.1, 0.15) is 0 Å². The van der Waals surface area contributed by atoms with E-state index in [2.05, 4.69) is 62.6 Å². The molecule has 2 N–H and O–H groups in total. The smallest absolute Gasteiger partial charge is 0.196 e. The molecule has 0 fully saturated rings. The molecule has 0 heterocycles. The molecule has 1 aliphatic carbocycles. The van der Waals surface area contributed by atoms with Crippen molar-refractivity contribution in [2.75, 3.05) is 10.6 Å². The molecule has 1 aliphatic rings. The minimum atomic E-state index is -0.140. The highest BCUT2D eigenvalue weighted by Crippen LogP contribution is 2.40. The standard InChI is InChI=1S/C32H30N2O2/c1-5-21-13-9-11-19(3)29(21)33-25-17-18-26(34-30-20(4)12-10-14-22(30)6-2)28-27(25)31(35)23-15-7-8-16-24(23)32(28)36/h7-18,33-34H,5-6H2,1-4H3. The van der Waals surface area contributed by atoms with Crippen LogP contribution < -0.4 is 10.6 Å². The number of benzene rings is 4. The predicted octanol–water partition coefficient (Wildman–Crippen LogP) is 7.69. The van der Waals surface area contributed by atoms with Gasteiger partial charge in [0.2, 0.25) is 0 Å². The van der Waals surface area contributed by atoms with Crippen molar-refractivity contribution in [2.24, 2.45) is 0 Å². The minimum absolute atomic E-state index is 0.140. The molecule has 180 valence electrons. The lowest BCUT2D eigenvalue weighted by Gasteiger charge is -2.25. The molecule has 0 unspecified atom stereocenters. The molecule has 4 aromatic rings. The van der Waals surface area contributed by atoms with Crippen molar-refractivity contribution < 1.29 is 9.59 Å². The van der Waals surface area contributed by atoms with Crippen LogP contribution in [0.5, 0.6) is 0 Å². The fourth-order valence-corrected chi connectivity index (χ4v) is 5.10. The van der Waals surface area contributed by atoms with Crippen molar-refractivity contribution in [2.45, 2.75) is 40.5 Å². The maximum atomic E-state index is 13.9. The molecule has 0 saturated heterocycles. The molecule has 0 radical (unpaired) electrons. The zero-order valence-electron chi connectivity index (χ0n) is 21.2. The molecule has 4 aromatic carbocycles. The number of aryl methyl sites for hydroxylation is 4. The van der Waals surface area contributed by atoms with Gasteiger partial charge in [0.25, 0.3) is 0 Å². The van der Waals surface area contributed by atoms with Crippen molar-refractivity contribution >= 4 is 34.3 Å². The monoisotopic (exact) mass is 474 g/mol. The largest absolute Gasteiger partial charge is 0.354 e. The van der Waals surface area contributed by atoms with Gasteiger partial charge in [0.15, 0.2) is 11.6 Å². The molecular weight excluding hydrogens is 444 g/mol. The second-order valence-electron chi connectivity index (χ2n) is 9.29. The lowest BCUT2D eigenvalue weighted by atomic mass is 9.82. The zero-order chi connectivity index (χ0) is 25.4. The molecule has 0 amide bonds. The van der Waals surface area contributed by atoms with E-state index in [1.807, 2.05) is 36.4 Å². The van der Waals surface area contributed by atoms with E-state index < -0.39 is 0 Å². The summed E-state index contributed by atoms with van der Waals surface area (Å²) < 4.78 is 0. The maximum absolute atomic E-state index is 13.9. The highest BCUT2D eigenvalue weighted by Gasteiger charge is 2.34. The summed E-state index contributed by atoms with van der Waals surface area (Å²) >= 11 is 0. The molecule has 0 atom stereocenters. The Morgan fingerprint density at radius 3 is 1.36 bits per heavy atom. The van der Waals surface area contributed by atoms with E-state index in [9.17, 15) is 9.59 Å². The van der Waals surface area contributed by atoms with Gasteiger partial charge in [-0.3, -0.25) is 9.59 Å². The van der Waals surface area contributed by atoms with Gasteiger partial charge in [-0.25, -0.2) is 0 Å². The lowest BCUT2D eigenvalue weighted by molar-refractivity contribution is 0.0980. The molecule has 0 bridgehead atoms. The van der Waals surface area contributed by atoms with Crippen LogP contribution in [0.25, 0.3) is 0 Å². The molecule has 0 aliphatic heterocycles. The summed E-state index contributed by atoms with van der Waals surface area (Å²) in [7, 11) is 0. The SMILES string of the molecule is CCc1cccc(C)c1Nc1ccc(Nc2c(C)cccc2CC)c2c1C(=O)c1ccccc1C2=O. The molecule has 4 nitrogen and oxygen atoms in total. The molecule has 0 spiro atoms. The van der Waals surface area contributed by atoms with E-state index in [0.717, 1.165) is 46.5 Å². The molecule has 0 aromatic heterocycles. The van der Waals surface area contributed by atoms with Crippen molar-refractivity contribution in [1.29, 1.82) is 0 Å². The second kappa shape index (κ2) is 9.46. The molecular formula is C32H30N2O2. The van der Waals surface area contributed by atoms with Gasteiger partial charge in [-0.15, -0.1) is 0 Å². The van der Waals surface area contributed by atoms with E-state index in [1.165, 1.54) is 0 Å². The Morgan fingerprint density at radius 1 is 0.556 bits per heavy atom. The lowest BCUT2D eigenvalue weighted by Crippen LogP contribution is -2.23. The number of ketones is 2. The first kappa shape index (κ1) is 23.6. The summed E-state index contributed by atoms with van der Waals surface area (Å²) in [5.41, 5.74) is 9.48. The first-order valence-corrected chi connectivity index (χ1v) is 12.5. The Labute approximate surface area is 212 Å². The van der Waals surface area contributed by atoms with Gasteiger partial charge in [0.05, 0.1) is 22.5 Å². The second-order valence-corrected chi connectivity index (χ2v) is 9.29. The van der Waals surface area contributed by atoms with Crippen LogP contribution in [0.2, 0.25) is 0 Å². The zero-order valence-corrected chi connectivity index (χ0v) is 21.2. The Kier molecular flexibility index (Phi) is 6.19. The molecule has 36 heavy (non-hydrogen) atoms. The van der Waals surface area contributed by atoms with Crippen LogP contribution in [-0.2, 0) is 12.8 Å². The molecule has 5 rings (SSSR count). The highest BCUT2D eigenvalue weighted by atomic mass is 16.1. The number of carbonyl (C=O) groups is 2. The van der Waals surface area contributed by atoms with Crippen LogP contribution in [0.3, 0.4) is 0 Å². The van der Waals surface area contributed by atoms with E-state index in [-0.39, 0.29) is 11.6 Å². The molecule has 4 heteroatoms. The van der Waals surface area contributed by atoms with Crippen LogP contribution >= 0.6 is 0 Å². The van der Waals surface area contributed by atoms with Crippen molar-refractivity contribution in [1.82, 2.24) is 0 Å². The van der Waals surface area contributed by atoms with Gasteiger partial charge in [0, 0.05) is 22.5 Å². The Balaban J connectivity index is 1.72. The van der Waals surface area contributed by atoms with Crippen LogP contribution in [0.15, 0.2) is 72.8 Å². The predicted molar refractivity (Wildman–Crippen MR) is 147 cm³/mol. The summed E-state index contributed by atoms with van der Waals surface area (Å²) in [6.07, 6.45) is 1.71. The van der Waals surface area contributed by atoms with E-state index in [4.69, 9.17) is 0 Å². The minimum Gasteiger partial charge on any atom is -0.354 e. The summed E-state index contributed by atoms with van der Waals surface area (Å²) in [5, 5.41) is 7.05.